The van der Waals surface area contributed by atoms with Gasteiger partial charge in [-0.25, -0.2) is 0 Å². The summed E-state index contributed by atoms with van der Waals surface area (Å²) in [5, 5.41) is 0. The molecule has 0 saturated heterocycles. The third-order valence-electron chi connectivity index (χ3n) is 2.03. The zero-order chi connectivity index (χ0) is 10.4. The molecule has 1 aromatic rings. The molecule has 0 aliphatic rings. The summed E-state index contributed by atoms with van der Waals surface area (Å²) in [6.07, 6.45) is 1.62. The van der Waals surface area contributed by atoms with Gasteiger partial charge < -0.3 is 4.79 Å². The molecule has 1 rings (SSSR count). The van der Waals surface area contributed by atoms with Gasteiger partial charge in [-0.3, -0.25) is 4.79 Å². The zero-order valence-corrected chi connectivity index (χ0v) is 8.32. The first kappa shape index (κ1) is 14.1. The predicted octanol–water partition coefficient (Wildman–Crippen LogP) is 1.44. The van der Waals surface area contributed by atoms with Crippen LogP contribution in [0.2, 0.25) is 0 Å². The molecule has 0 unspecified atom stereocenters. The van der Waals surface area contributed by atoms with Crippen LogP contribution in [-0.4, -0.2) is 28.9 Å². The molecule has 0 aromatic heterocycles. The van der Waals surface area contributed by atoms with E-state index in [1.54, 1.807) is 19.1 Å². The second-order valence-electron chi connectivity index (χ2n) is 3.34. The third-order valence-corrected chi connectivity index (χ3v) is 2.03. The van der Waals surface area contributed by atoms with Crippen LogP contribution in [0.15, 0.2) is 30.3 Å². The number of hydrogen-bond acceptors (Lipinski definition) is 2. The van der Waals surface area contributed by atoms with Gasteiger partial charge in [0.05, 0.1) is 0 Å². The van der Waals surface area contributed by atoms with Gasteiger partial charge in [-0.1, -0.05) is 30.3 Å². The summed E-state index contributed by atoms with van der Waals surface area (Å²) >= 11 is 0. The zero-order valence-electron chi connectivity index (χ0n) is 8.32. The van der Waals surface area contributed by atoms with E-state index in [-0.39, 0.29) is 28.9 Å². The van der Waals surface area contributed by atoms with Gasteiger partial charge in [-0.15, -0.1) is 0 Å². The third kappa shape index (κ3) is 5.51. The molecule has 0 atom stereocenters. The van der Waals surface area contributed by atoms with E-state index in [4.69, 9.17) is 0 Å². The number of rotatable bonds is 5. The fourth-order valence-corrected chi connectivity index (χ4v) is 1.27. The summed E-state index contributed by atoms with van der Waals surface area (Å²) in [6.45, 7) is 1.55. The van der Waals surface area contributed by atoms with Crippen LogP contribution in [0.4, 0.5) is 0 Å². The second kappa shape index (κ2) is 7.39. The Hall–Kier alpha value is -0.908. The van der Waals surface area contributed by atoms with Crippen LogP contribution in [0.1, 0.15) is 36.5 Å². The molecule has 80 valence electrons. The molecule has 2 nitrogen and oxygen atoms in total. The maximum atomic E-state index is 11.5. The average molecular weight is 220 g/mol. The second-order valence-corrected chi connectivity index (χ2v) is 3.34. The monoisotopic (exact) mass is 220 g/mol. The van der Waals surface area contributed by atoms with Crippen LogP contribution in [0, 0.1) is 0 Å². The van der Waals surface area contributed by atoms with Crippen molar-refractivity contribution < 1.29 is 9.59 Å². The topological polar surface area (TPSA) is 34.1 Å². The van der Waals surface area contributed by atoms with Gasteiger partial charge in [0.15, 0.2) is 23.1 Å². The number of carbonyl (C=O) groups is 2. The van der Waals surface area contributed by atoms with Crippen LogP contribution in [0.3, 0.4) is 0 Å². The summed E-state index contributed by atoms with van der Waals surface area (Å²) < 4.78 is 0. The van der Waals surface area contributed by atoms with E-state index in [0.29, 0.717) is 19.3 Å². The van der Waals surface area contributed by atoms with Crippen LogP contribution in [0.25, 0.3) is 0 Å². The summed E-state index contributed by atoms with van der Waals surface area (Å²) in [4.78, 5) is 22.2. The van der Waals surface area contributed by atoms with Crippen molar-refractivity contribution in [3.63, 3.8) is 0 Å². The molecule has 0 amide bonds. The Balaban J connectivity index is 0.00000196. The molecule has 0 aliphatic carbocycles. The molecule has 0 heterocycles. The average Bonchev–Trinajstić information content (AvgIpc) is 2.18. The lowest BCUT2D eigenvalue weighted by atomic mass is 10.0. The summed E-state index contributed by atoms with van der Waals surface area (Å²) in [7, 11) is 0. The molecule has 0 saturated carbocycles. The van der Waals surface area contributed by atoms with E-state index < -0.39 is 0 Å². The Bertz CT molecular complexity index is 320. The van der Waals surface area contributed by atoms with Gasteiger partial charge in [-0.2, -0.15) is 0 Å². The highest BCUT2D eigenvalue weighted by molar-refractivity contribution is 5.96. The molecular weight excluding hydrogens is 203 g/mol. The number of hydrogen-bond donors (Lipinski definition) is 0. The first-order valence-corrected chi connectivity index (χ1v) is 4.78. The molecule has 0 radical (unpaired) electrons. The van der Waals surface area contributed by atoms with Gasteiger partial charge in [-0.05, 0) is 13.3 Å². The van der Waals surface area contributed by atoms with Crippen LogP contribution in [0.5, 0.6) is 0 Å². The Morgan fingerprint density at radius 1 is 1.07 bits per heavy atom. The van der Waals surface area contributed by atoms with Crippen molar-refractivity contribution in [3.05, 3.63) is 35.9 Å². The van der Waals surface area contributed by atoms with E-state index in [9.17, 15) is 9.59 Å². The normalized spacial score (nSPS) is 9.13. The Kier molecular flexibility index (Phi) is 6.95. The molecule has 0 bridgehead atoms. The lowest BCUT2D eigenvalue weighted by molar-refractivity contribution is -0.117. The fraction of sp³-hybridized carbons (Fsp3) is 0.333. The number of Topliss-reactive ketones (excluding diaryl/α,β-unsaturated/α-hetero) is 2. The molecular formula is C12H17AlO2. The highest BCUT2D eigenvalue weighted by atomic mass is 27.0. The van der Waals surface area contributed by atoms with E-state index in [2.05, 4.69) is 0 Å². The number of ketones is 2. The summed E-state index contributed by atoms with van der Waals surface area (Å²) in [5.41, 5.74) is 0.732. The minimum Gasteiger partial charge on any atom is -0.300 e. The van der Waals surface area contributed by atoms with Crippen LogP contribution < -0.4 is 0 Å². The van der Waals surface area contributed by atoms with Crippen molar-refractivity contribution >= 4 is 28.9 Å². The predicted molar refractivity (Wildman–Crippen MR) is 65.2 cm³/mol. The molecule has 0 fully saturated rings. The van der Waals surface area contributed by atoms with E-state index in [1.165, 1.54) is 0 Å². The quantitative estimate of drug-likeness (QED) is 0.556. The van der Waals surface area contributed by atoms with Crippen LogP contribution in [-0.2, 0) is 4.79 Å². The van der Waals surface area contributed by atoms with Crippen molar-refractivity contribution in [2.24, 2.45) is 0 Å². The maximum absolute atomic E-state index is 11.5. The van der Waals surface area contributed by atoms with Crippen LogP contribution >= 0.6 is 0 Å². The Morgan fingerprint density at radius 2 is 1.67 bits per heavy atom. The Labute approximate surface area is 101 Å². The fourth-order valence-electron chi connectivity index (χ4n) is 1.27. The highest BCUT2D eigenvalue weighted by Crippen LogP contribution is 2.06. The van der Waals surface area contributed by atoms with Gasteiger partial charge in [0.2, 0.25) is 0 Å². The summed E-state index contributed by atoms with van der Waals surface area (Å²) in [5.74, 6) is 0.262. The van der Waals surface area contributed by atoms with Crippen molar-refractivity contribution in [2.45, 2.75) is 26.2 Å². The van der Waals surface area contributed by atoms with Gasteiger partial charge in [0, 0.05) is 18.4 Å². The standard InChI is InChI=1S/C12H14O2.Al.3H/c1-10(13)6-5-9-12(14)11-7-3-2-4-8-11;;;;/h2-4,7-8H,5-6,9H2,1H3;;;;. The van der Waals surface area contributed by atoms with Gasteiger partial charge >= 0.3 is 0 Å². The first-order chi connectivity index (χ1) is 6.70. The largest absolute Gasteiger partial charge is 0.300 e. The van der Waals surface area contributed by atoms with Gasteiger partial charge in [0.1, 0.15) is 5.78 Å². The summed E-state index contributed by atoms with van der Waals surface area (Å²) in [6, 6.07) is 9.18. The van der Waals surface area contributed by atoms with Crippen molar-refractivity contribution in [1.82, 2.24) is 0 Å². The number of carbonyl (C=O) groups excluding carboxylic acids is 2. The molecule has 0 spiro atoms. The maximum Gasteiger partial charge on any atom is 0.187 e. The SMILES string of the molecule is CC(=O)CCCC(=O)c1ccccc1.[AlH3]. The Morgan fingerprint density at radius 3 is 2.20 bits per heavy atom. The lowest BCUT2D eigenvalue weighted by Gasteiger charge is -1.98. The minimum absolute atomic E-state index is 0. The molecule has 3 heteroatoms. The molecule has 0 aliphatic heterocycles. The lowest BCUT2D eigenvalue weighted by Crippen LogP contribution is -2.00. The van der Waals surface area contributed by atoms with E-state index in [0.717, 1.165) is 5.56 Å². The van der Waals surface area contributed by atoms with E-state index in [1.807, 2.05) is 18.2 Å². The van der Waals surface area contributed by atoms with E-state index >= 15 is 0 Å². The molecule has 15 heavy (non-hydrogen) atoms. The first-order valence-electron chi connectivity index (χ1n) is 4.78. The molecule has 0 N–H and O–H groups in total. The smallest absolute Gasteiger partial charge is 0.187 e. The number of benzene rings is 1. The van der Waals surface area contributed by atoms with Crippen molar-refractivity contribution in [1.29, 1.82) is 0 Å². The van der Waals surface area contributed by atoms with Gasteiger partial charge in [0.25, 0.3) is 0 Å². The van der Waals surface area contributed by atoms with Crippen molar-refractivity contribution in [2.75, 3.05) is 0 Å². The molecule has 1 aromatic carbocycles. The minimum atomic E-state index is 0. The highest BCUT2D eigenvalue weighted by Gasteiger charge is 2.04. The van der Waals surface area contributed by atoms with Crippen molar-refractivity contribution in [3.8, 4) is 0 Å².